The van der Waals surface area contributed by atoms with Crippen molar-refractivity contribution in [2.24, 2.45) is 0 Å². The van der Waals surface area contributed by atoms with Gasteiger partial charge in [-0.15, -0.1) is 0 Å². The van der Waals surface area contributed by atoms with Gasteiger partial charge in [0.2, 0.25) is 0 Å². The van der Waals surface area contributed by atoms with E-state index in [9.17, 15) is 9.59 Å². The van der Waals surface area contributed by atoms with Crippen LogP contribution < -0.4 is 25.0 Å². The molecule has 0 saturated heterocycles. The fraction of sp³-hybridized carbons (Fsp3) is 0.556. The summed E-state index contributed by atoms with van der Waals surface area (Å²) in [6, 6.07) is 3.57. The largest absolute Gasteiger partial charge is 0.493 e. The Morgan fingerprint density at radius 1 is 1.16 bits per heavy atom. The first kappa shape index (κ1) is 19.1. The van der Waals surface area contributed by atoms with Crippen LogP contribution >= 0.6 is 0 Å². The van der Waals surface area contributed by atoms with E-state index in [0.717, 1.165) is 48.6 Å². The van der Waals surface area contributed by atoms with E-state index in [0.29, 0.717) is 12.3 Å². The topological polar surface area (TPSA) is 81.1 Å². The number of ether oxygens (including phenoxy) is 2. The lowest BCUT2D eigenvalue weighted by molar-refractivity contribution is -0.908. The molecule has 0 aromatic heterocycles. The van der Waals surface area contributed by atoms with Crippen LogP contribution in [-0.2, 0) is 17.8 Å². The Balaban J connectivity index is 1.89. The smallest absolute Gasteiger partial charge is 0.321 e. The van der Waals surface area contributed by atoms with Crippen molar-refractivity contribution in [1.29, 1.82) is 0 Å². The van der Waals surface area contributed by atoms with E-state index >= 15 is 0 Å². The third kappa shape index (κ3) is 5.35. The zero-order valence-electron chi connectivity index (χ0n) is 15.2. The van der Waals surface area contributed by atoms with Crippen molar-refractivity contribution in [1.82, 2.24) is 10.6 Å². The molecule has 0 saturated carbocycles. The summed E-state index contributed by atoms with van der Waals surface area (Å²) < 4.78 is 10.7. The Labute approximate surface area is 148 Å². The first-order valence-electron chi connectivity index (χ1n) is 8.72. The number of carbonyl (C=O) groups is 2. The van der Waals surface area contributed by atoms with Crippen molar-refractivity contribution >= 4 is 11.9 Å². The number of benzene rings is 1. The SMILES string of the molecule is CCCCNC(=O)NC(=O)C[NH+]1CCc2cc(OC)c(OC)cc2C1. The van der Waals surface area contributed by atoms with Gasteiger partial charge < -0.3 is 19.7 Å². The van der Waals surface area contributed by atoms with Gasteiger partial charge >= 0.3 is 6.03 Å². The molecule has 2 rings (SSSR count). The quantitative estimate of drug-likeness (QED) is 0.617. The molecule has 0 radical (unpaired) electrons. The van der Waals surface area contributed by atoms with Crippen LogP contribution in [0.4, 0.5) is 4.79 Å². The first-order chi connectivity index (χ1) is 12.1. The number of imide groups is 1. The summed E-state index contributed by atoms with van der Waals surface area (Å²) in [5.41, 5.74) is 2.37. The number of fused-ring (bicyclic) bond motifs is 1. The average Bonchev–Trinajstić information content (AvgIpc) is 2.60. The second-order valence-electron chi connectivity index (χ2n) is 6.24. The molecule has 1 aliphatic heterocycles. The Bertz CT molecular complexity index is 619. The minimum Gasteiger partial charge on any atom is -0.493 e. The van der Waals surface area contributed by atoms with Crippen molar-refractivity contribution in [3.05, 3.63) is 23.3 Å². The van der Waals surface area contributed by atoms with Gasteiger partial charge in [0, 0.05) is 18.5 Å². The number of amides is 3. The molecule has 1 atom stereocenters. The van der Waals surface area contributed by atoms with E-state index in [1.807, 2.05) is 19.1 Å². The highest BCUT2D eigenvalue weighted by atomic mass is 16.5. The monoisotopic (exact) mass is 350 g/mol. The molecule has 138 valence electrons. The second-order valence-corrected chi connectivity index (χ2v) is 6.24. The Hall–Kier alpha value is -2.28. The van der Waals surface area contributed by atoms with Crippen LogP contribution in [0.3, 0.4) is 0 Å². The average molecular weight is 350 g/mol. The van der Waals surface area contributed by atoms with Crippen molar-refractivity contribution in [2.75, 3.05) is 33.9 Å². The van der Waals surface area contributed by atoms with Crippen molar-refractivity contribution < 1.29 is 24.0 Å². The highest BCUT2D eigenvalue weighted by molar-refractivity contribution is 5.94. The molecule has 0 aliphatic carbocycles. The molecule has 3 amide bonds. The van der Waals surface area contributed by atoms with Gasteiger partial charge in [-0.1, -0.05) is 13.3 Å². The number of hydrogen-bond acceptors (Lipinski definition) is 4. The maximum absolute atomic E-state index is 12.1. The Kier molecular flexibility index (Phi) is 7.06. The summed E-state index contributed by atoms with van der Waals surface area (Å²) in [6.45, 7) is 4.47. The van der Waals surface area contributed by atoms with Crippen LogP contribution in [0.1, 0.15) is 30.9 Å². The van der Waals surface area contributed by atoms with Gasteiger partial charge in [-0.05, 0) is 24.1 Å². The molecule has 0 fully saturated rings. The summed E-state index contributed by atoms with van der Waals surface area (Å²) in [4.78, 5) is 24.8. The fourth-order valence-electron chi connectivity index (χ4n) is 3.00. The van der Waals surface area contributed by atoms with Crippen molar-refractivity contribution in [3.63, 3.8) is 0 Å². The zero-order valence-corrected chi connectivity index (χ0v) is 15.2. The molecule has 1 unspecified atom stereocenters. The number of methoxy groups -OCH3 is 2. The number of unbranched alkanes of at least 4 members (excludes halogenated alkanes) is 1. The molecular weight excluding hydrogens is 322 g/mol. The first-order valence-corrected chi connectivity index (χ1v) is 8.72. The summed E-state index contributed by atoms with van der Waals surface area (Å²) in [6.07, 6.45) is 2.77. The number of carbonyl (C=O) groups excluding carboxylic acids is 2. The van der Waals surface area contributed by atoms with Gasteiger partial charge in [-0.2, -0.15) is 0 Å². The summed E-state index contributed by atoms with van der Waals surface area (Å²) in [5, 5.41) is 5.08. The number of urea groups is 1. The minimum absolute atomic E-state index is 0.257. The lowest BCUT2D eigenvalue weighted by Gasteiger charge is -2.26. The summed E-state index contributed by atoms with van der Waals surface area (Å²) >= 11 is 0. The van der Waals surface area contributed by atoms with Crippen LogP contribution in [0, 0.1) is 0 Å². The molecule has 0 bridgehead atoms. The molecular formula is C18H28N3O4+. The fourth-order valence-corrected chi connectivity index (χ4v) is 3.00. The highest BCUT2D eigenvalue weighted by Crippen LogP contribution is 2.31. The maximum atomic E-state index is 12.1. The number of nitrogens with one attached hydrogen (secondary N) is 3. The van der Waals surface area contributed by atoms with Crippen LogP contribution in [0.5, 0.6) is 11.5 Å². The van der Waals surface area contributed by atoms with Gasteiger partial charge in [0.15, 0.2) is 18.0 Å². The standard InChI is InChI=1S/C18H27N3O4/c1-4-5-7-19-18(23)20-17(22)12-21-8-6-13-9-15(24-2)16(25-3)10-14(13)11-21/h9-10H,4-8,11-12H2,1-3H3,(H2,19,20,22,23)/p+1. The molecule has 7 nitrogen and oxygen atoms in total. The molecule has 3 N–H and O–H groups in total. The van der Waals surface area contributed by atoms with Gasteiger partial charge in [0.1, 0.15) is 6.54 Å². The Morgan fingerprint density at radius 3 is 2.48 bits per heavy atom. The lowest BCUT2D eigenvalue weighted by Crippen LogP contribution is -3.13. The highest BCUT2D eigenvalue weighted by Gasteiger charge is 2.24. The molecule has 1 aromatic rings. The van der Waals surface area contributed by atoms with E-state index in [1.54, 1.807) is 14.2 Å². The predicted octanol–water partition coefficient (Wildman–Crippen LogP) is 0.271. The predicted molar refractivity (Wildman–Crippen MR) is 94.1 cm³/mol. The van der Waals surface area contributed by atoms with E-state index in [1.165, 1.54) is 5.56 Å². The van der Waals surface area contributed by atoms with Gasteiger partial charge in [0.25, 0.3) is 5.91 Å². The van der Waals surface area contributed by atoms with E-state index in [4.69, 9.17) is 9.47 Å². The van der Waals surface area contributed by atoms with E-state index in [2.05, 4.69) is 10.6 Å². The van der Waals surface area contributed by atoms with Gasteiger partial charge in [0.05, 0.1) is 20.8 Å². The van der Waals surface area contributed by atoms with Crippen LogP contribution in [0.2, 0.25) is 0 Å². The van der Waals surface area contributed by atoms with E-state index in [-0.39, 0.29) is 12.5 Å². The molecule has 7 heteroatoms. The zero-order chi connectivity index (χ0) is 18.2. The van der Waals surface area contributed by atoms with E-state index < -0.39 is 6.03 Å². The number of quaternary nitrogens is 1. The second kappa shape index (κ2) is 9.27. The maximum Gasteiger partial charge on any atom is 0.321 e. The molecule has 1 aromatic carbocycles. The van der Waals surface area contributed by atoms with Crippen LogP contribution in [0.15, 0.2) is 12.1 Å². The molecule has 0 spiro atoms. The van der Waals surface area contributed by atoms with Crippen molar-refractivity contribution in [2.45, 2.75) is 32.7 Å². The number of rotatable bonds is 7. The van der Waals surface area contributed by atoms with Crippen LogP contribution in [0.25, 0.3) is 0 Å². The van der Waals surface area contributed by atoms with Crippen molar-refractivity contribution in [3.8, 4) is 11.5 Å². The minimum atomic E-state index is -0.415. The van der Waals surface area contributed by atoms with Crippen LogP contribution in [-0.4, -0.2) is 45.8 Å². The lowest BCUT2D eigenvalue weighted by atomic mass is 9.99. The molecule has 25 heavy (non-hydrogen) atoms. The summed E-state index contributed by atoms with van der Waals surface area (Å²) in [5.74, 6) is 1.17. The van der Waals surface area contributed by atoms with Gasteiger partial charge in [-0.3, -0.25) is 10.1 Å². The van der Waals surface area contributed by atoms with Gasteiger partial charge in [-0.25, -0.2) is 4.79 Å². The third-order valence-electron chi connectivity index (χ3n) is 4.37. The third-order valence-corrected chi connectivity index (χ3v) is 4.37. The molecule has 1 heterocycles. The molecule has 1 aliphatic rings. The Morgan fingerprint density at radius 2 is 1.84 bits per heavy atom. The summed E-state index contributed by atoms with van der Waals surface area (Å²) in [7, 11) is 3.24. The number of hydrogen-bond donors (Lipinski definition) is 3. The normalized spacial score (nSPS) is 15.9.